The van der Waals surface area contributed by atoms with Crippen LogP contribution in [0.1, 0.15) is 32.3 Å². The summed E-state index contributed by atoms with van der Waals surface area (Å²) >= 11 is 0. The number of benzene rings is 1. The van der Waals surface area contributed by atoms with Gasteiger partial charge in [-0.1, -0.05) is 30.3 Å². The second-order valence-corrected chi connectivity index (χ2v) is 7.68. The molecule has 0 aliphatic carbocycles. The molecule has 1 fully saturated rings. The normalized spacial score (nSPS) is 22.5. The van der Waals surface area contributed by atoms with E-state index in [1.807, 2.05) is 18.2 Å². The average molecular weight is 400 g/mol. The molecule has 2 aliphatic heterocycles. The van der Waals surface area contributed by atoms with Crippen molar-refractivity contribution in [1.82, 2.24) is 10.2 Å². The zero-order chi connectivity index (χ0) is 21.0. The molecule has 2 heterocycles. The van der Waals surface area contributed by atoms with E-state index in [0.29, 0.717) is 35.5 Å². The van der Waals surface area contributed by atoms with Gasteiger partial charge in [0.05, 0.1) is 24.9 Å². The lowest BCUT2D eigenvalue weighted by atomic mass is 9.97. The van der Waals surface area contributed by atoms with Gasteiger partial charge < -0.3 is 19.9 Å². The number of aliphatic hydroxyl groups excluding tert-OH is 1. The first-order valence-electron chi connectivity index (χ1n) is 9.73. The number of hydrogen-bond acceptors (Lipinski definition) is 7. The van der Waals surface area contributed by atoms with Crippen LogP contribution in [-0.4, -0.2) is 54.4 Å². The molecule has 0 saturated carbocycles. The predicted molar refractivity (Wildman–Crippen MR) is 107 cm³/mol. The van der Waals surface area contributed by atoms with Gasteiger partial charge in [0.2, 0.25) is 0 Å². The van der Waals surface area contributed by atoms with Gasteiger partial charge in [-0.05, 0) is 19.4 Å². The molecule has 7 nitrogen and oxygen atoms in total. The number of hydrogen-bond donors (Lipinski definition) is 2. The minimum Gasteiger partial charge on any atom is -0.466 e. The third-order valence-electron chi connectivity index (χ3n) is 5.55. The zero-order valence-corrected chi connectivity index (χ0v) is 17.2. The average Bonchev–Trinajstić information content (AvgIpc) is 3.11. The number of dihydropyridines is 1. The maximum atomic E-state index is 12.9. The first kappa shape index (κ1) is 21.1. The van der Waals surface area contributed by atoms with Gasteiger partial charge in [-0.2, -0.15) is 0 Å². The van der Waals surface area contributed by atoms with Crippen molar-refractivity contribution in [2.45, 2.75) is 38.8 Å². The van der Waals surface area contributed by atoms with E-state index >= 15 is 0 Å². The number of aliphatic hydroxyl groups is 1. The molecule has 3 rings (SSSR count). The summed E-state index contributed by atoms with van der Waals surface area (Å²) in [6, 6.07) is 10.1. The van der Waals surface area contributed by atoms with Gasteiger partial charge in [0.1, 0.15) is 5.60 Å². The van der Waals surface area contributed by atoms with Crippen LogP contribution in [0, 0.1) is 0 Å². The number of rotatable bonds is 6. The zero-order valence-electron chi connectivity index (χ0n) is 17.2. The third-order valence-corrected chi connectivity index (χ3v) is 5.55. The van der Waals surface area contributed by atoms with Gasteiger partial charge in [-0.15, -0.1) is 0 Å². The molecule has 0 unspecified atom stereocenters. The Morgan fingerprint density at radius 1 is 1.14 bits per heavy atom. The van der Waals surface area contributed by atoms with Crippen LogP contribution in [0.25, 0.3) is 0 Å². The van der Waals surface area contributed by atoms with E-state index in [0.717, 1.165) is 13.1 Å². The number of carbonyl (C=O) groups is 2. The van der Waals surface area contributed by atoms with Crippen LogP contribution in [0.4, 0.5) is 0 Å². The first-order valence-corrected chi connectivity index (χ1v) is 9.73. The van der Waals surface area contributed by atoms with Gasteiger partial charge >= 0.3 is 11.9 Å². The Bertz CT molecular complexity index is 846. The second kappa shape index (κ2) is 8.80. The third kappa shape index (κ3) is 4.68. The molecular formula is C22H28N2O5. The van der Waals surface area contributed by atoms with E-state index in [1.54, 1.807) is 13.8 Å². The number of ether oxygens (including phenoxy) is 2. The first-order chi connectivity index (χ1) is 13.9. The molecule has 0 amide bonds. The summed E-state index contributed by atoms with van der Waals surface area (Å²) in [5, 5.41) is 13.1. The number of likely N-dealkylation sites (tertiary alicyclic amines) is 1. The summed E-state index contributed by atoms with van der Waals surface area (Å²) in [6.07, 6.45) is 0.700. The van der Waals surface area contributed by atoms with Gasteiger partial charge in [0.25, 0.3) is 0 Å². The lowest BCUT2D eigenvalue weighted by Crippen LogP contribution is -2.42. The van der Waals surface area contributed by atoms with Crippen LogP contribution in [0.3, 0.4) is 0 Å². The summed E-state index contributed by atoms with van der Waals surface area (Å²) in [6.45, 7) is 5.22. The monoisotopic (exact) mass is 400 g/mol. The van der Waals surface area contributed by atoms with Crippen molar-refractivity contribution in [2.24, 2.45) is 0 Å². The smallest absolute Gasteiger partial charge is 0.336 e. The molecule has 1 aromatic carbocycles. The number of methoxy groups -OCH3 is 1. The highest BCUT2D eigenvalue weighted by molar-refractivity contribution is 5.96. The number of nitrogens with zero attached hydrogens (tertiary/aromatic N) is 1. The maximum Gasteiger partial charge on any atom is 0.336 e. The van der Waals surface area contributed by atoms with Gasteiger partial charge in [0.15, 0.2) is 0 Å². The van der Waals surface area contributed by atoms with E-state index < -0.39 is 17.5 Å². The summed E-state index contributed by atoms with van der Waals surface area (Å²) in [7, 11) is 1.31. The maximum absolute atomic E-state index is 12.9. The van der Waals surface area contributed by atoms with Crippen molar-refractivity contribution in [3.63, 3.8) is 0 Å². The Hall–Kier alpha value is -2.64. The summed E-state index contributed by atoms with van der Waals surface area (Å²) in [4.78, 5) is 27.1. The Morgan fingerprint density at radius 3 is 2.41 bits per heavy atom. The topological polar surface area (TPSA) is 88.1 Å². The van der Waals surface area contributed by atoms with E-state index in [9.17, 15) is 14.7 Å². The molecule has 156 valence electrons. The van der Waals surface area contributed by atoms with E-state index in [1.165, 1.54) is 12.7 Å². The highest BCUT2D eigenvalue weighted by Gasteiger charge is 2.42. The van der Waals surface area contributed by atoms with Crippen molar-refractivity contribution < 1.29 is 24.2 Å². The predicted octanol–water partition coefficient (Wildman–Crippen LogP) is 1.88. The van der Waals surface area contributed by atoms with Gasteiger partial charge in [-0.3, -0.25) is 4.90 Å². The standard InChI is InChI=1S/C22H28N2O5/c1-15-18(20(26)28-3)11-19(16(2)23-15)21(27)29-22(14-25)9-10-24(13-22)12-17-7-5-4-6-8-17/h4-8,23,25H,9-14H2,1-3H3/t22-/m1/s1. The second-order valence-electron chi connectivity index (χ2n) is 7.68. The summed E-state index contributed by atoms with van der Waals surface area (Å²) in [5.74, 6) is -0.987. The molecule has 2 N–H and O–H groups in total. The Balaban J connectivity index is 1.68. The fraction of sp³-hybridized carbons (Fsp3) is 0.455. The highest BCUT2D eigenvalue weighted by atomic mass is 16.6. The Morgan fingerprint density at radius 2 is 1.79 bits per heavy atom. The molecule has 2 aliphatic rings. The van der Waals surface area contributed by atoms with Crippen LogP contribution < -0.4 is 5.32 Å². The molecule has 1 atom stereocenters. The molecular weight excluding hydrogens is 372 g/mol. The largest absolute Gasteiger partial charge is 0.466 e. The lowest BCUT2D eigenvalue weighted by molar-refractivity contribution is -0.158. The minimum atomic E-state index is -0.944. The van der Waals surface area contributed by atoms with E-state index in [-0.39, 0.29) is 13.0 Å². The molecule has 0 aromatic heterocycles. The van der Waals surface area contributed by atoms with Gasteiger partial charge in [0, 0.05) is 43.9 Å². The molecule has 29 heavy (non-hydrogen) atoms. The fourth-order valence-electron chi connectivity index (χ4n) is 3.85. The molecule has 0 spiro atoms. The SMILES string of the molecule is COC(=O)C1=C(C)NC(C)=C(C(=O)O[C@]2(CO)CCN(Cc3ccccc3)C2)C1. The highest BCUT2D eigenvalue weighted by Crippen LogP contribution is 2.30. The van der Waals surface area contributed by atoms with Crippen LogP contribution in [0.2, 0.25) is 0 Å². The van der Waals surface area contributed by atoms with E-state index in [4.69, 9.17) is 9.47 Å². The van der Waals surface area contributed by atoms with Crippen LogP contribution >= 0.6 is 0 Å². The molecule has 0 bridgehead atoms. The van der Waals surface area contributed by atoms with Crippen molar-refractivity contribution in [3.05, 3.63) is 58.4 Å². The van der Waals surface area contributed by atoms with Crippen molar-refractivity contribution in [3.8, 4) is 0 Å². The molecule has 1 saturated heterocycles. The minimum absolute atomic E-state index is 0.144. The number of carbonyl (C=O) groups excluding carboxylic acids is 2. The van der Waals surface area contributed by atoms with E-state index in [2.05, 4.69) is 22.3 Å². The Labute approximate surface area is 171 Å². The van der Waals surface area contributed by atoms with Crippen molar-refractivity contribution in [1.29, 1.82) is 0 Å². The number of allylic oxidation sites excluding steroid dienone is 2. The number of esters is 2. The molecule has 0 radical (unpaired) electrons. The molecule has 7 heteroatoms. The Kier molecular flexibility index (Phi) is 6.39. The van der Waals surface area contributed by atoms with Crippen LogP contribution in [0.15, 0.2) is 52.9 Å². The van der Waals surface area contributed by atoms with Crippen LogP contribution in [-0.2, 0) is 25.6 Å². The summed E-state index contributed by atoms with van der Waals surface area (Å²) < 4.78 is 10.6. The molecule has 1 aromatic rings. The van der Waals surface area contributed by atoms with Crippen molar-refractivity contribution >= 4 is 11.9 Å². The van der Waals surface area contributed by atoms with Gasteiger partial charge in [-0.25, -0.2) is 9.59 Å². The van der Waals surface area contributed by atoms with Crippen LogP contribution in [0.5, 0.6) is 0 Å². The fourth-order valence-corrected chi connectivity index (χ4v) is 3.85. The van der Waals surface area contributed by atoms with Crippen molar-refractivity contribution in [2.75, 3.05) is 26.8 Å². The lowest BCUT2D eigenvalue weighted by Gasteiger charge is -2.29. The number of nitrogens with one attached hydrogen (secondary N) is 1. The quantitative estimate of drug-likeness (QED) is 0.705. The summed E-state index contributed by atoms with van der Waals surface area (Å²) in [5.41, 5.74) is 2.32.